The maximum Gasteiger partial charge on any atom is 0.265 e. The van der Waals surface area contributed by atoms with Crippen molar-refractivity contribution in [1.29, 1.82) is 0 Å². The summed E-state index contributed by atoms with van der Waals surface area (Å²) >= 11 is 12.0. The number of amides is 2. The number of halogens is 2. The van der Waals surface area contributed by atoms with E-state index in [9.17, 15) is 9.59 Å². The van der Waals surface area contributed by atoms with Crippen LogP contribution >= 0.6 is 23.2 Å². The van der Waals surface area contributed by atoms with Crippen molar-refractivity contribution in [2.45, 2.75) is 20.0 Å². The van der Waals surface area contributed by atoms with Crippen LogP contribution in [0.3, 0.4) is 0 Å². The van der Waals surface area contributed by atoms with Crippen LogP contribution in [0.15, 0.2) is 42.5 Å². The number of benzene rings is 2. The van der Waals surface area contributed by atoms with Gasteiger partial charge in [0.05, 0.1) is 16.4 Å². The second-order valence-corrected chi connectivity index (χ2v) is 7.68. The second-order valence-electron chi connectivity index (χ2n) is 6.83. The van der Waals surface area contributed by atoms with Gasteiger partial charge in [0.2, 0.25) is 5.91 Å². The minimum absolute atomic E-state index is 0.0815. The van der Waals surface area contributed by atoms with E-state index < -0.39 is 6.10 Å². The predicted molar refractivity (Wildman–Crippen MR) is 116 cm³/mol. The smallest absolute Gasteiger partial charge is 0.265 e. The van der Waals surface area contributed by atoms with Gasteiger partial charge in [-0.05, 0) is 37.3 Å². The van der Waals surface area contributed by atoms with Gasteiger partial charge in [-0.25, -0.2) is 0 Å². The number of para-hydroxylation sites is 2. The number of nitrogens with zero attached hydrogens (tertiary/aromatic N) is 2. The van der Waals surface area contributed by atoms with E-state index in [0.717, 1.165) is 5.69 Å². The third-order valence-electron chi connectivity index (χ3n) is 4.79. The number of nitrogens with one attached hydrogen (secondary N) is 1. The Morgan fingerprint density at radius 2 is 1.76 bits per heavy atom. The molecule has 0 aromatic heterocycles. The lowest BCUT2D eigenvalue weighted by Crippen LogP contribution is -2.48. The highest BCUT2D eigenvalue weighted by atomic mass is 35.5. The Balaban J connectivity index is 1.67. The molecule has 8 heteroatoms. The first kappa shape index (κ1) is 21.3. The highest BCUT2D eigenvalue weighted by Gasteiger charge is 2.22. The molecule has 29 heavy (non-hydrogen) atoms. The first-order valence-corrected chi connectivity index (χ1v) is 10.1. The number of hydrogen-bond donors (Lipinski definition) is 1. The lowest BCUT2D eigenvalue weighted by molar-refractivity contribution is -0.129. The lowest BCUT2D eigenvalue weighted by Gasteiger charge is -2.36. The molecule has 2 aromatic carbocycles. The van der Waals surface area contributed by atoms with Gasteiger partial charge in [-0.2, -0.15) is 0 Å². The Kier molecular flexibility index (Phi) is 6.87. The van der Waals surface area contributed by atoms with Gasteiger partial charge in [-0.1, -0.05) is 35.3 Å². The van der Waals surface area contributed by atoms with Crippen molar-refractivity contribution in [3.63, 3.8) is 0 Å². The van der Waals surface area contributed by atoms with E-state index in [4.69, 9.17) is 27.9 Å². The van der Waals surface area contributed by atoms with Gasteiger partial charge in [0.25, 0.3) is 5.91 Å². The van der Waals surface area contributed by atoms with Crippen LogP contribution in [0.1, 0.15) is 13.8 Å². The van der Waals surface area contributed by atoms with Crippen molar-refractivity contribution in [1.82, 2.24) is 4.90 Å². The number of rotatable bonds is 5. The van der Waals surface area contributed by atoms with Crippen molar-refractivity contribution >= 4 is 46.4 Å². The molecule has 3 rings (SSSR count). The van der Waals surface area contributed by atoms with Crippen LogP contribution < -0.4 is 15.0 Å². The molecule has 1 fully saturated rings. The summed E-state index contributed by atoms with van der Waals surface area (Å²) in [7, 11) is 0. The molecule has 1 aliphatic rings. The van der Waals surface area contributed by atoms with E-state index in [-0.39, 0.29) is 11.8 Å². The molecule has 1 heterocycles. The number of hydrogen-bond acceptors (Lipinski definition) is 4. The number of piperazine rings is 1. The Bertz CT molecular complexity index is 898. The van der Waals surface area contributed by atoms with E-state index in [1.54, 1.807) is 32.0 Å². The summed E-state index contributed by atoms with van der Waals surface area (Å²) in [5, 5.41) is 3.78. The topological polar surface area (TPSA) is 61.9 Å². The summed E-state index contributed by atoms with van der Waals surface area (Å²) in [6.45, 7) is 5.98. The summed E-state index contributed by atoms with van der Waals surface area (Å²) < 4.78 is 5.70. The van der Waals surface area contributed by atoms with Crippen LogP contribution in [0.4, 0.5) is 11.4 Å². The fourth-order valence-electron chi connectivity index (χ4n) is 3.17. The van der Waals surface area contributed by atoms with Gasteiger partial charge in [-0.15, -0.1) is 0 Å². The normalized spacial score (nSPS) is 15.0. The van der Waals surface area contributed by atoms with Crippen molar-refractivity contribution in [3.05, 3.63) is 52.5 Å². The van der Waals surface area contributed by atoms with Crippen LogP contribution in [0, 0.1) is 0 Å². The van der Waals surface area contributed by atoms with E-state index in [1.807, 2.05) is 29.2 Å². The lowest BCUT2D eigenvalue weighted by atomic mass is 10.2. The standard InChI is InChI=1S/C21H23Cl2N3O3/c1-14(29-20-8-7-16(22)13-17(20)23)21(28)24-18-5-3-4-6-19(18)26-11-9-25(10-12-26)15(2)27/h3-8,13-14H,9-12H2,1-2H3,(H,24,28). The fourth-order valence-corrected chi connectivity index (χ4v) is 3.62. The molecule has 2 aromatic rings. The molecule has 1 aliphatic heterocycles. The van der Waals surface area contributed by atoms with E-state index in [2.05, 4.69) is 10.2 Å². The first-order valence-electron chi connectivity index (χ1n) is 9.37. The first-order chi connectivity index (χ1) is 13.8. The highest BCUT2D eigenvalue weighted by molar-refractivity contribution is 6.35. The molecule has 0 bridgehead atoms. The molecule has 0 aliphatic carbocycles. The fraction of sp³-hybridized carbons (Fsp3) is 0.333. The summed E-state index contributed by atoms with van der Waals surface area (Å²) in [6.07, 6.45) is -0.753. The van der Waals surface area contributed by atoms with Gasteiger partial charge in [0.1, 0.15) is 5.75 Å². The van der Waals surface area contributed by atoms with Gasteiger partial charge < -0.3 is 19.9 Å². The Morgan fingerprint density at radius 3 is 2.41 bits per heavy atom. The van der Waals surface area contributed by atoms with Crippen LogP contribution in [0.2, 0.25) is 10.0 Å². The maximum atomic E-state index is 12.7. The van der Waals surface area contributed by atoms with E-state index in [1.165, 1.54) is 0 Å². The van der Waals surface area contributed by atoms with Crippen LogP contribution in [0.25, 0.3) is 0 Å². The zero-order valence-electron chi connectivity index (χ0n) is 16.3. The second kappa shape index (κ2) is 9.37. The van der Waals surface area contributed by atoms with Crippen molar-refractivity contribution in [2.75, 3.05) is 36.4 Å². The number of carbonyl (C=O) groups excluding carboxylic acids is 2. The SMILES string of the molecule is CC(=O)N1CCN(c2ccccc2NC(=O)C(C)Oc2ccc(Cl)cc2Cl)CC1. The van der Waals surface area contributed by atoms with E-state index >= 15 is 0 Å². The minimum Gasteiger partial charge on any atom is -0.479 e. The number of ether oxygens (including phenoxy) is 1. The van der Waals surface area contributed by atoms with Gasteiger partial charge in [0, 0.05) is 38.1 Å². The number of carbonyl (C=O) groups is 2. The molecule has 1 N–H and O–H groups in total. The molecule has 6 nitrogen and oxygen atoms in total. The van der Waals surface area contributed by atoms with Crippen molar-refractivity contribution in [2.24, 2.45) is 0 Å². The molecular formula is C21H23Cl2N3O3. The third kappa shape index (κ3) is 5.34. The van der Waals surface area contributed by atoms with E-state index in [0.29, 0.717) is 47.7 Å². The molecule has 0 saturated carbocycles. The van der Waals surface area contributed by atoms with Crippen LogP contribution in [-0.4, -0.2) is 49.0 Å². The average molecular weight is 436 g/mol. The molecular weight excluding hydrogens is 413 g/mol. The number of anilines is 2. The largest absolute Gasteiger partial charge is 0.479 e. The summed E-state index contributed by atoms with van der Waals surface area (Å²) in [4.78, 5) is 28.2. The van der Waals surface area contributed by atoms with Gasteiger partial charge >= 0.3 is 0 Å². The zero-order chi connectivity index (χ0) is 21.0. The van der Waals surface area contributed by atoms with Crippen LogP contribution in [-0.2, 0) is 9.59 Å². The van der Waals surface area contributed by atoms with Crippen molar-refractivity contribution in [3.8, 4) is 5.75 Å². The maximum absolute atomic E-state index is 12.7. The average Bonchev–Trinajstić information content (AvgIpc) is 2.70. The molecule has 2 amide bonds. The molecule has 1 saturated heterocycles. The van der Waals surface area contributed by atoms with Gasteiger partial charge in [0.15, 0.2) is 6.10 Å². The van der Waals surface area contributed by atoms with Gasteiger partial charge in [-0.3, -0.25) is 9.59 Å². The Hall–Kier alpha value is -2.44. The summed E-state index contributed by atoms with van der Waals surface area (Å²) in [6, 6.07) is 12.5. The molecule has 0 radical (unpaired) electrons. The third-order valence-corrected chi connectivity index (χ3v) is 5.32. The Labute approximate surface area is 180 Å². The molecule has 154 valence electrons. The highest BCUT2D eigenvalue weighted by Crippen LogP contribution is 2.30. The summed E-state index contributed by atoms with van der Waals surface area (Å²) in [5.74, 6) is 0.191. The summed E-state index contributed by atoms with van der Waals surface area (Å²) in [5.41, 5.74) is 1.62. The zero-order valence-corrected chi connectivity index (χ0v) is 17.8. The van der Waals surface area contributed by atoms with Crippen LogP contribution in [0.5, 0.6) is 5.75 Å². The monoisotopic (exact) mass is 435 g/mol. The molecule has 1 unspecified atom stereocenters. The van der Waals surface area contributed by atoms with Crippen molar-refractivity contribution < 1.29 is 14.3 Å². The predicted octanol–water partition coefficient (Wildman–Crippen LogP) is 4.07. The Morgan fingerprint density at radius 1 is 1.07 bits per heavy atom. The molecule has 0 spiro atoms. The quantitative estimate of drug-likeness (QED) is 0.768. The molecule has 1 atom stereocenters. The minimum atomic E-state index is -0.753.